The van der Waals surface area contributed by atoms with Crippen molar-refractivity contribution in [1.82, 2.24) is 9.88 Å². The fourth-order valence-electron chi connectivity index (χ4n) is 4.84. The normalized spacial score (nSPS) is 10.9. The number of nitrogens with zero attached hydrogens (tertiary/aromatic N) is 1. The number of aromatic nitrogens is 1. The van der Waals surface area contributed by atoms with Gasteiger partial charge in [0.2, 0.25) is 5.91 Å². The van der Waals surface area contributed by atoms with Crippen molar-refractivity contribution >= 4 is 28.4 Å². The molecule has 0 atom stereocenters. The third-order valence-corrected chi connectivity index (χ3v) is 7.03. The molecule has 0 saturated heterocycles. The lowest BCUT2D eigenvalue weighted by molar-refractivity contribution is -0.116. The summed E-state index contributed by atoms with van der Waals surface area (Å²) in [7, 11) is 0. The van der Waals surface area contributed by atoms with E-state index < -0.39 is 0 Å². The highest BCUT2D eigenvalue weighted by Crippen LogP contribution is 2.26. The van der Waals surface area contributed by atoms with Crippen LogP contribution in [0.4, 0.5) is 5.69 Å². The van der Waals surface area contributed by atoms with Gasteiger partial charge < -0.3 is 15.2 Å². The summed E-state index contributed by atoms with van der Waals surface area (Å²) in [5.41, 5.74) is 7.98. The standard InChI is InChI=1S/C34H33N3O2/c1-24-13-14-25(2)29(19-24)23-37-31-17-16-30(36-33(38)18-15-26-9-5-3-6-10-26)20-28(31)21-32(37)34(39)35-22-27-11-7-4-8-12-27/h3-14,16-17,19-21H,15,18,22-23H2,1-2H3,(H,35,39)(H,36,38). The van der Waals surface area contributed by atoms with E-state index in [-0.39, 0.29) is 11.8 Å². The molecule has 5 heteroatoms. The molecule has 5 aromatic rings. The summed E-state index contributed by atoms with van der Waals surface area (Å²) in [4.78, 5) is 26.1. The van der Waals surface area contributed by atoms with Gasteiger partial charge in [-0.2, -0.15) is 0 Å². The number of carbonyl (C=O) groups is 2. The van der Waals surface area contributed by atoms with Crippen molar-refractivity contribution in [2.24, 2.45) is 0 Å². The molecule has 0 spiro atoms. The molecule has 2 amide bonds. The fourth-order valence-corrected chi connectivity index (χ4v) is 4.84. The second kappa shape index (κ2) is 11.8. The van der Waals surface area contributed by atoms with Crippen LogP contribution in [-0.2, 0) is 24.3 Å². The van der Waals surface area contributed by atoms with Crippen LogP contribution in [0.15, 0.2) is 103 Å². The van der Waals surface area contributed by atoms with Crippen LogP contribution < -0.4 is 10.6 Å². The molecule has 196 valence electrons. The van der Waals surface area contributed by atoms with Gasteiger partial charge in [-0.05, 0) is 66.8 Å². The zero-order chi connectivity index (χ0) is 27.2. The zero-order valence-electron chi connectivity index (χ0n) is 22.4. The van der Waals surface area contributed by atoms with Crippen molar-refractivity contribution in [2.45, 2.75) is 39.8 Å². The Labute approximate surface area is 229 Å². The van der Waals surface area contributed by atoms with Gasteiger partial charge in [-0.1, -0.05) is 84.4 Å². The van der Waals surface area contributed by atoms with E-state index in [0.717, 1.165) is 27.7 Å². The lowest BCUT2D eigenvalue weighted by Gasteiger charge is -2.14. The van der Waals surface area contributed by atoms with E-state index in [1.807, 2.05) is 84.9 Å². The summed E-state index contributed by atoms with van der Waals surface area (Å²) in [6.07, 6.45) is 1.09. The third kappa shape index (κ3) is 6.44. The first kappa shape index (κ1) is 26.0. The summed E-state index contributed by atoms with van der Waals surface area (Å²) in [6.45, 7) is 5.21. The molecular weight excluding hydrogens is 482 g/mol. The van der Waals surface area contributed by atoms with Crippen LogP contribution in [0.2, 0.25) is 0 Å². The minimum absolute atomic E-state index is 0.0335. The number of carbonyl (C=O) groups excluding carboxylic acids is 2. The van der Waals surface area contributed by atoms with Crippen LogP contribution in [0.25, 0.3) is 10.9 Å². The lowest BCUT2D eigenvalue weighted by Crippen LogP contribution is -2.25. The number of benzene rings is 4. The number of rotatable bonds is 9. The molecule has 0 saturated carbocycles. The maximum atomic E-state index is 13.4. The van der Waals surface area contributed by atoms with Crippen LogP contribution in [0.1, 0.15) is 44.7 Å². The van der Waals surface area contributed by atoms with Gasteiger partial charge in [0.25, 0.3) is 5.91 Å². The largest absolute Gasteiger partial charge is 0.347 e. The minimum atomic E-state index is -0.131. The quantitative estimate of drug-likeness (QED) is 0.227. The molecule has 1 heterocycles. The maximum absolute atomic E-state index is 13.4. The van der Waals surface area contributed by atoms with Crippen LogP contribution in [0.3, 0.4) is 0 Å². The van der Waals surface area contributed by atoms with E-state index in [0.29, 0.717) is 31.6 Å². The first-order valence-electron chi connectivity index (χ1n) is 13.3. The van der Waals surface area contributed by atoms with E-state index in [1.165, 1.54) is 16.7 Å². The average molecular weight is 516 g/mol. The first-order chi connectivity index (χ1) is 19.0. The molecule has 5 nitrogen and oxygen atoms in total. The topological polar surface area (TPSA) is 63.1 Å². The van der Waals surface area contributed by atoms with Crippen molar-refractivity contribution < 1.29 is 9.59 Å². The van der Waals surface area contributed by atoms with Crippen molar-refractivity contribution in [2.75, 3.05) is 5.32 Å². The molecule has 0 aliphatic heterocycles. The highest BCUT2D eigenvalue weighted by molar-refractivity contribution is 6.00. The Morgan fingerprint density at radius 3 is 2.23 bits per heavy atom. The number of hydrogen-bond donors (Lipinski definition) is 2. The van der Waals surface area contributed by atoms with Crippen molar-refractivity contribution in [3.8, 4) is 0 Å². The zero-order valence-corrected chi connectivity index (χ0v) is 22.4. The molecule has 1 aromatic heterocycles. The number of aryl methyl sites for hydroxylation is 3. The summed E-state index contributed by atoms with van der Waals surface area (Å²) in [6, 6.07) is 34.1. The summed E-state index contributed by atoms with van der Waals surface area (Å²) in [5.74, 6) is -0.164. The third-order valence-electron chi connectivity index (χ3n) is 7.03. The fraction of sp³-hybridized carbons (Fsp3) is 0.176. The van der Waals surface area contributed by atoms with E-state index in [4.69, 9.17) is 0 Å². The molecule has 0 aliphatic rings. The lowest BCUT2D eigenvalue weighted by atomic mass is 10.1. The van der Waals surface area contributed by atoms with E-state index in [2.05, 4.69) is 47.2 Å². The van der Waals surface area contributed by atoms with Crippen LogP contribution in [-0.4, -0.2) is 16.4 Å². The van der Waals surface area contributed by atoms with Gasteiger partial charge in [0.05, 0.1) is 0 Å². The van der Waals surface area contributed by atoms with Crippen molar-refractivity contribution in [3.63, 3.8) is 0 Å². The van der Waals surface area contributed by atoms with Crippen molar-refractivity contribution in [3.05, 3.63) is 137 Å². The van der Waals surface area contributed by atoms with Gasteiger partial charge in [0.1, 0.15) is 5.69 Å². The number of amides is 2. The molecule has 0 aliphatic carbocycles. The Morgan fingerprint density at radius 2 is 1.49 bits per heavy atom. The highest BCUT2D eigenvalue weighted by Gasteiger charge is 2.17. The molecule has 0 bridgehead atoms. The molecule has 5 rings (SSSR count). The second-order valence-corrected chi connectivity index (χ2v) is 10.0. The van der Waals surface area contributed by atoms with E-state index in [9.17, 15) is 9.59 Å². The number of hydrogen-bond acceptors (Lipinski definition) is 2. The number of nitrogens with one attached hydrogen (secondary N) is 2. The Hall–Kier alpha value is -4.64. The van der Waals surface area contributed by atoms with E-state index >= 15 is 0 Å². The van der Waals surface area contributed by atoms with Gasteiger partial charge in [0, 0.05) is 36.1 Å². The van der Waals surface area contributed by atoms with Crippen LogP contribution in [0, 0.1) is 13.8 Å². The molecule has 4 aromatic carbocycles. The predicted molar refractivity (Wildman–Crippen MR) is 158 cm³/mol. The molecular formula is C34H33N3O2. The average Bonchev–Trinajstić information content (AvgIpc) is 3.31. The highest BCUT2D eigenvalue weighted by atomic mass is 16.2. The molecule has 0 unspecified atom stereocenters. The smallest absolute Gasteiger partial charge is 0.268 e. The van der Waals surface area contributed by atoms with Gasteiger partial charge in [0.15, 0.2) is 0 Å². The van der Waals surface area contributed by atoms with Crippen LogP contribution >= 0.6 is 0 Å². The predicted octanol–water partition coefficient (Wildman–Crippen LogP) is 6.81. The van der Waals surface area contributed by atoms with Gasteiger partial charge in [-0.3, -0.25) is 9.59 Å². The monoisotopic (exact) mass is 515 g/mol. The molecule has 0 fully saturated rings. The van der Waals surface area contributed by atoms with Crippen molar-refractivity contribution in [1.29, 1.82) is 0 Å². The summed E-state index contributed by atoms with van der Waals surface area (Å²) >= 11 is 0. The molecule has 0 radical (unpaired) electrons. The Kier molecular flexibility index (Phi) is 7.88. The molecule has 39 heavy (non-hydrogen) atoms. The maximum Gasteiger partial charge on any atom is 0.268 e. The Bertz CT molecular complexity index is 1600. The Balaban J connectivity index is 1.40. The molecule has 2 N–H and O–H groups in total. The van der Waals surface area contributed by atoms with Crippen LogP contribution in [0.5, 0.6) is 0 Å². The Morgan fingerprint density at radius 1 is 0.769 bits per heavy atom. The van der Waals surface area contributed by atoms with Gasteiger partial charge in [-0.25, -0.2) is 0 Å². The van der Waals surface area contributed by atoms with Gasteiger partial charge >= 0.3 is 0 Å². The second-order valence-electron chi connectivity index (χ2n) is 10.0. The van der Waals surface area contributed by atoms with E-state index in [1.54, 1.807) is 0 Å². The summed E-state index contributed by atoms with van der Waals surface area (Å²) < 4.78 is 2.07. The SMILES string of the molecule is Cc1ccc(C)c(Cn2c(C(=O)NCc3ccccc3)cc3cc(NC(=O)CCc4ccccc4)ccc32)c1. The summed E-state index contributed by atoms with van der Waals surface area (Å²) in [5, 5.41) is 7.01. The minimum Gasteiger partial charge on any atom is -0.347 e. The van der Waals surface area contributed by atoms with Gasteiger partial charge in [-0.15, -0.1) is 0 Å². The number of anilines is 1. The number of fused-ring (bicyclic) bond motifs is 1. The first-order valence-corrected chi connectivity index (χ1v) is 13.3.